The summed E-state index contributed by atoms with van der Waals surface area (Å²) in [6, 6.07) is 5.40. The fourth-order valence-corrected chi connectivity index (χ4v) is 0.886. The van der Waals surface area contributed by atoms with Crippen LogP contribution in [0.15, 0.2) is 24.3 Å². The molecule has 1 amide bonds. The maximum absolute atomic E-state index is 12.6. The van der Waals surface area contributed by atoms with Gasteiger partial charge in [-0.1, -0.05) is 0 Å². The quantitative estimate of drug-likeness (QED) is 0.752. The van der Waals surface area contributed by atoms with Gasteiger partial charge in [0.25, 0.3) is 0 Å². The Kier molecular flexibility index (Phi) is 3.66. The fourth-order valence-electron chi connectivity index (χ4n) is 0.886. The van der Waals surface area contributed by atoms with Gasteiger partial charge in [-0.15, -0.1) is 0 Å². The second kappa shape index (κ2) is 4.77. The lowest BCUT2D eigenvalue weighted by atomic mass is 10.3. The molecule has 0 bridgehead atoms. The number of carbonyl (C=O) groups is 1. The van der Waals surface area contributed by atoms with E-state index in [-0.39, 0.29) is 11.9 Å². The van der Waals surface area contributed by atoms with Crippen LogP contribution in [0.5, 0.6) is 5.75 Å². The summed E-state index contributed by atoms with van der Waals surface area (Å²) < 4.78 is 17.6. The molecule has 0 N–H and O–H groups in total. The van der Waals surface area contributed by atoms with Crippen molar-refractivity contribution in [2.45, 2.75) is 19.9 Å². The zero-order valence-corrected chi connectivity index (χ0v) is 9.03. The number of hydrogen-bond donors (Lipinski definition) is 0. The highest BCUT2D eigenvalue weighted by atomic mass is 19.1. The van der Waals surface area contributed by atoms with Gasteiger partial charge < -0.3 is 9.64 Å². The Balaban J connectivity index is 2.62. The van der Waals surface area contributed by atoms with Crippen molar-refractivity contribution < 1.29 is 13.9 Å². The highest BCUT2D eigenvalue weighted by molar-refractivity contribution is 5.70. The molecule has 0 fully saturated rings. The molecule has 0 unspecified atom stereocenters. The Morgan fingerprint density at radius 1 is 1.33 bits per heavy atom. The second-order valence-corrected chi connectivity index (χ2v) is 3.53. The third kappa shape index (κ3) is 3.23. The summed E-state index contributed by atoms with van der Waals surface area (Å²) in [5.74, 6) is -0.0130. The average Bonchev–Trinajstić information content (AvgIpc) is 2.20. The van der Waals surface area contributed by atoms with Crippen LogP contribution in [0.4, 0.5) is 9.18 Å². The number of carbonyl (C=O) groups excluding carboxylic acids is 1. The van der Waals surface area contributed by atoms with Crippen LogP contribution in [0.1, 0.15) is 13.8 Å². The first-order valence-corrected chi connectivity index (χ1v) is 4.71. The van der Waals surface area contributed by atoms with Gasteiger partial charge in [0.05, 0.1) is 0 Å². The lowest BCUT2D eigenvalue weighted by molar-refractivity contribution is 0.152. The molecule has 4 heteroatoms. The molecule has 0 atom stereocenters. The molecule has 0 aliphatic heterocycles. The summed E-state index contributed by atoms with van der Waals surface area (Å²) in [7, 11) is 1.65. The van der Waals surface area contributed by atoms with Crippen molar-refractivity contribution >= 4 is 6.09 Å². The van der Waals surface area contributed by atoms with Gasteiger partial charge in [0.2, 0.25) is 0 Å². The maximum atomic E-state index is 12.6. The van der Waals surface area contributed by atoms with Crippen molar-refractivity contribution in [3.05, 3.63) is 30.1 Å². The predicted octanol–water partition coefficient (Wildman–Crippen LogP) is 2.66. The number of nitrogens with zero attached hydrogens (tertiary/aromatic N) is 1. The second-order valence-electron chi connectivity index (χ2n) is 3.53. The highest BCUT2D eigenvalue weighted by Crippen LogP contribution is 2.12. The molecule has 0 aliphatic rings. The molecule has 0 spiro atoms. The minimum absolute atomic E-state index is 0.0675. The summed E-state index contributed by atoms with van der Waals surface area (Å²) in [6.07, 6.45) is -0.448. The van der Waals surface area contributed by atoms with Gasteiger partial charge in [0.15, 0.2) is 0 Å². The molecule has 15 heavy (non-hydrogen) atoms. The molecule has 3 nitrogen and oxygen atoms in total. The van der Waals surface area contributed by atoms with E-state index < -0.39 is 6.09 Å². The molecule has 0 saturated heterocycles. The highest BCUT2D eigenvalue weighted by Gasteiger charge is 2.13. The minimum atomic E-state index is -0.448. The number of amides is 1. The summed E-state index contributed by atoms with van der Waals surface area (Å²) in [5.41, 5.74) is 0. The van der Waals surface area contributed by atoms with Gasteiger partial charge in [-0.2, -0.15) is 0 Å². The Morgan fingerprint density at radius 2 is 1.87 bits per heavy atom. The Bertz CT molecular complexity index is 335. The van der Waals surface area contributed by atoms with Crippen molar-refractivity contribution in [1.82, 2.24) is 4.90 Å². The van der Waals surface area contributed by atoms with E-state index >= 15 is 0 Å². The molecule has 0 saturated carbocycles. The summed E-state index contributed by atoms with van der Waals surface area (Å²) >= 11 is 0. The van der Waals surface area contributed by atoms with E-state index in [9.17, 15) is 9.18 Å². The molecule has 0 aliphatic carbocycles. The lowest BCUT2D eigenvalue weighted by Gasteiger charge is -2.20. The van der Waals surface area contributed by atoms with E-state index in [1.807, 2.05) is 13.8 Å². The number of ether oxygens (including phenoxy) is 1. The number of halogens is 1. The Morgan fingerprint density at radius 3 is 2.33 bits per heavy atom. The summed E-state index contributed by atoms with van der Waals surface area (Å²) in [4.78, 5) is 12.9. The van der Waals surface area contributed by atoms with Crippen molar-refractivity contribution in [1.29, 1.82) is 0 Å². The van der Waals surface area contributed by atoms with Gasteiger partial charge in [0.1, 0.15) is 11.6 Å². The number of benzene rings is 1. The Labute approximate surface area is 88.5 Å². The molecule has 0 heterocycles. The van der Waals surface area contributed by atoms with E-state index in [1.54, 1.807) is 7.05 Å². The first-order chi connectivity index (χ1) is 7.00. The topological polar surface area (TPSA) is 29.5 Å². The van der Waals surface area contributed by atoms with Gasteiger partial charge in [0, 0.05) is 13.1 Å². The molecule has 82 valence electrons. The first-order valence-electron chi connectivity index (χ1n) is 4.71. The maximum Gasteiger partial charge on any atom is 0.415 e. The van der Waals surface area contributed by atoms with Crippen molar-refractivity contribution in [3.8, 4) is 5.75 Å². The van der Waals surface area contributed by atoms with Crippen LogP contribution in [0.2, 0.25) is 0 Å². The minimum Gasteiger partial charge on any atom is -0.410 e. The third-order valence-corrected chi connectivity index (χ3v) is 2.08. The van der Waals surface area contributed by atoms with Crippen LogP contribution >= 0.6 is 0 Å². The van der Waals surface area contributed by atoms with Crippen LogP contribution in [0.3, 0.4) is 0 Å². The molecular weight excluding hydrogens is 197 g/mol. The zero-order valence-electron chi connectivity index (χ0n) is 9.03. The van der Waals surface area contributed by atoms with Crippen LogP contribution in [-0.4, -0.2) is 24.1 Å². The molecule has 0 radical (unpaired) electrons. The molecule has 0 aromatic heterocycles. The van der Waals surface area contributed by atoms with Gasteiger partial charge >= 0.3 is 6.09 Å². The van der Waals surface area contributed by atoms with Gasteiger partial charge in [-0.05, 0) is 38.1 Å². The zero-order chi connectivity index (χ0) is 11.4. The fraction of sp³-hybridized carbons (Fsp3) is 0.364. The smallest absolute Gasteiger partial charge is 0.410 e. The van der Waals surface area contributed by atoms with Crippen molar-refractivity contribution in [2.75, 3.05) is 7.05 Å². The summed E-state index contributed by atoms with van der Waals surface area (Å²) in [6.45, 7) is 3.76. The number of hydrogen-bond acceptors (Lipinski definition) is 2. The lowest BCUT2D eigenvalue weighted by Crippen LogP contribution is -2.35. The van der Waals surface area contributed by atoms with Crippen LogP contribution in [-0.2, 0) is 0 Å². The van der Waals surface area contributed by atoms with E-state index in [0.717, 1.165) is 0 Å². The van der Waals surface area contributed by atoms with E-state index in [2.05, 4.69) is 0 Å². The standard InChI is InChI=1S/C11H14FNO2/c1-8(2)13(3)11(14)15-10-6-4-9(12)5-7-10/h4-8H,1-3H3. The van der Waals surface area contributed by atoms with Crippen LogP contribution in [0, 0.1) is 5.82 Å². The molecular formula is C11H14FNO2. The van der Waals surface area contributed by atoms with Gasteiger partial charge in [-0.3, -0.25) is 0 Å². The molecule has 1 aromatic rings. The average molecular weight is 211 g/mol. The van der Waals surface area contributed by atoms with Gasteiger partial charge in [-0.25, -0.2) is 9.18 Å². The monoisotopic (exact) mass is 211 g/mol. The first kappa shape index (κ1) is 11.5. The third-order valence-electron chi connectivity index (χ3n) is 2.08. The van der Waals surface area contributed by atoms with Crippen LogP contribution in [0.25, 0.3) is 0 Å². The summed E-state index contributed by atoms with van der Waals surface area (Å²) in [5, 5.41) is 0. The molecule has 1 rings (SSSR count). The number of rotatable bonds is 2. The predicted molar refractivity (Wildman–Crippen MR) is 55.3 cm³/mol. The van der Waals surface area contributed by atoms with E-state index in [0.29, 0.717) is 5.75 Å². The van der Waals surface area contributed by atoms with Crippen LogP contribution < -0.4 is 4.74 Å². The van der Waals surface area contributed by atoms with E-state index in [4.69, 9.17) is 4.74 Å². The Hall–Kier alpha value is -1.58. The SMILES string of the molecule is CC(C)N(C)C(=O)Oc1ccc(F)cc1. The van der Waals surface area contributed by atoms with Crippen molar-refractivity contribution in [3.63, 3.8) is 0 Å². The normalized spacial score (nSPS) is 10.2. The molecule has 1 aromatic carbocycles. The van der Waals surface area contributed by atoms with Crippen molar-refractivity contribution in [2.24, 2.45) is 0 Å². The largest absolute Gasteiger partial charge is 0.415 e. The van der Waals surface area contributed by atoms with E-state index in [1.165, 1.54) is 29.2 Å².